The lowest BCUT2D eigenvalue weighted by Gasteiger charge is -2.32. The lowest BCUT2D eigenvalue weighted by atomic mass is 9.93. The molecule has 0 aliphatic carbocycles. The van der Waals surface area contributed by atoms with Gasteiger partial charge in [0, 0.05) is 19.3 Å². The molecule has 1 unspecified atom stereocenters. The van der Waals surface area contributed by atoms with Crippen molar-refractivity contribution < 1.29 is 4.39 Å². The van der Waals surface area contributed by atoms with Gasteiger partial charge < -0.3 is 10.6 Å². The summed E-state index contributed by atoms with van der Waals surface area (Å²) in [6.45, 7) is 1.62. The molecule has 0 aromatic heterocycles. The molecule has 2 nitrogen and oxygen atoms in total. The van der Waals surface area contributed by atoms with E-state index in [4.69, 9.17) is 5.73 Å². The molecule has 2 N–H and O–H groups in total. The number of nitrogens with zero attached hydrogens (tertiary/aromatic N) is 1. The Morgan fingerprint density at radius 3 is 3.07 bits per heavy atom. The Balaban J connectivity index is 2.35. The van der Waals surface area contributed by atoms with Gasteiger partial charge >= 0.3 is 0 Å². The molecule has 0 saturated heterocycles. The number of benzene rings is 1. The van der Waals surface area contributed by atoms with Gasteiger partial charge in [-0.05, 0) is 36.6 Å². The number of hydrogen-bond acceptors (Lipinski definition) is 2. The molecular formula is C11H15FN2. The van der Waals surface area contributed by atoms with E-state index in [1.807, 2.05) is 13.1 Å². The number of halogens is 1. The van der Waals surface area contributed by atoms with Crippen LogP contribution in [0.15, 0.2) is 18.2 Å². The minimum atomic E-state index is -0.165. The van der Waals surface area contributed by atoms with Gasteiger partial charge in [0.1, 0.15) is 5.82 Å². The van der Waals surface area contributed by atoms with Gasteiger partial charge in [0.2, 0.25) is 0 Å². The molecule has 0 spiro atoms. The van der Waals surface area contributed by atoms with Crippen molar-refractivity contribution in [2.24, 2.45) is 11.7 Å². The summed E-state index contributed by atoms with van der Waals surface area (Å²) in [4.78, 5) is 2.08. The van der Waals surface area contributed by atoms with Crippen molar-refractivity contribution in [3.63, 3.8) is 0 Å². The van der Waals surface area contributed by atoms with Crippen molar-refractivity contribution >= 4 is 5.69 Å². The summed E-state index contributed by atoms with van der Waals surface area (Å²) in [7, 11) is 1.99. The molecule has 0 bridgehead atoms. The third-order valence-corrected chi connectivity index (χ3v) is 2.83. The Morgan fingerprint density at radius 1 is 1.57 bits per heavy atom. The van der Waals surface area contributed by atoms with Crippen molar-refractivity contribution in [3.05, 3.63) is 29.6 Å². The minimum absolute atomic E-state index is 0.165. The van der Waals surface area contributed by atoms with Crippen molar-refractivity contribution in [1.29, 1.82) is 0 Å². The quantitative estimate of drug-likeness (QED) is 0.732. The Kier molecular flexibility index (Phi) is 2.42. The predicted octanol–water partition coefficient (Wildman–Crippen LogP) is 1.39. The van der Waals surface area contributed by atoms with Crippen molar-refractivity contribution in [3.8, 4) is 0 Å². The van der Waals surface area contributed by atoms with Crippen LogP contribution in [0.5, 0.6) is 0 Å². The first kappa shape index (κ1) is 9.46. The number of fused-ring (bicyclic) bond motifs is 1. The summed E-state index contributed by atoms with van der Waals surface area (Å²) in [6, 6.07) is 4.98. The fourth-order valence-corrected chi connectivity index (χ4v) is 2.08. The summed E-state index contributed by atoms with van der Waals surface area (Å²) in [6.07, 6.45) is 0.969. The zero-order chi connectivity index (χ0) is 10.1. The summed E-state index contributed by atoms with van der Waals surface area (Å²) in [5.74, 6) is 0.333. The van der Waals surface area contributed by atoms with E-state index >= 15 is 0 Å². The average molecular weight is 194 g/mol. The molecule has 0 radical (unpaired) electrons. The molecule has 2 rings (SSSR count). The summed E-state index contributed by atoms with van der Waals surface area (Å²) >= 11 is 0. The normalized spacial score (nSPS) is 20.8. The lowest BCUT2D eigenvalue weighted by Crippen LogP contribution is -2.36. The smallest absolute Gasteiger partial charge is 0.125 e. The first-order valence-corrected chi connectivity index (χ1v) is 4.90. The highest BCUT2D eigenvalue weighted by molar-refractivity contribution is 5.55. The Hall–Kier alpha value is -1.09. The highest BCUT2D eigenvalue weighted by atomic mass is 19.1. The van der Waals surface area contributed by atoms with E-state index in [0.717, 1.165) is 18.7 Å². The molecule has 3 heteroatoms. The standard InChI is InChI=1S/C11H15FN2/c1-14-7-8(6-13)4-9-2-3-10(12)5-11(9)14/h2-3,5,8H,4,6-7,13H2,1H3. The average Bonchev–Trinajstić information content (AvgIpc) is 2.19. The Labute approximate surface area is 83.5 Å². The maximum atomic E-state index is 13.0. The molecule has 1 aliphatic heterocycles. The van der Waals surface area contributed by atoms with Crippen LogP contribution in [0.2, 0.25) is 0 Å². The molecule has 1 heterocycles. The molecule has 1 atom stereocenters. The van der Waals surface area contributed by atoms with E-state index in [9.17, 15) is 4.39 Å². The second-order valence-corrected chi connectivity index (χ2v) is 3.96. The summed E-state index contributed by atoms with van der Waals surface area (Å²) < 4.78 is 13.0. The maximum absolute atomic E-state index is 13.0. The zero-order valence-corrected chi connectivity index (χ0v) is 8.33. The van der Waals surface area contributed by atoms with Crippen molar-refractivity contribution in [1.82, 2.24) is 0 Å². The number of rotatable bonds is 1. The lowest BCUT2D eigenvalue weighted by molar-refractivity contribution is 0.512. The van der Waals surface area contributed by atoms with Gasteiger partial charge in [0.25, 0.3) is 0 Å². The van der Waals surface area contributed by atoms with E-state index in [2.05, 4.69) is 4.90 Å². The topological polar surface area (TPSA) is 29.3 Å². The van der Waals surface area contributed by atoms with Gasteiger partial charge in [-0.15, -0.1) is 0 Å². The molecule has 76 valence electrons. The SMILES string of the molecule is CN1CC(CN)Cc2ccc(F)cc21. The number of hydrogen-bond donors (Lipinski definition) is 1. The minimum Gasteiger partial charge on any atom is -0.374 e. The van der Waals surface area contributed by atoms with Crippen LogP contribution in [-0.2, 0) is 6.42 Å². The second-order valence-electron chi connectivity index (χ2n) is 3.96. The van der Waals surface area contributed by atoms with E-state index in [1.54, 1.807) is 6.07 Å². The van der Waals surface area contributed by atoms with Gasteiger partial charge in [-0.2, -0.15) is 0 Å². The van der Waals surface area contributed by atoms with Crippen molar-refractivity contribution in [2.75, 3.05) is 25.0 Å². The monoisotopic (exact) mass is 194 g/mol. The van der Waals surface area contributed by atoms with Gasteiger partial charge in [-0.1, -0.05) is 6.07 Å². The third-order valence-electron chi connectivity index (χ3n) is 2.83. The van der Waals surface area contributed by atoms with Crippen LogP contribution in [0.4, 0.5) is 10.1 Å². The highest BCUT2D eigenvalue weighted by Gasteiger charge is 2.21. The number of anilines is 1. The molecule has 0 amide bonds. The van der Waals surface area contributed by atoms with E-state index < -0.39 is 0 Å². The molecular weight excluding hydrogens is 179 g/mol. The molecule has 1 aromatic rings. The molecule has 14 heavy (non-hydrogen) atoms. The van der Waals surface area contributed by atoms with Crippen LogP contribution in [0, 0.1) is 11.7 Å². The first-order valence-electron chi connectivity index (χ1n) is 4.90. The van der Waals surface area contributed by atoms with Gasteiger partial charge in [-0.3, -0.25) is 0 Å². The molecule has 1 aliphatic rings. The first-order chi connectivity index (χ1) is 6.70. The second kappa shape index (κ2) is 3.58. The van der Waals surface area contributed by atoms with Crippen LogP contribution in [0.3, 0.4) is 0 Å². The van der Waals surface area contributed by atoms with E-state index in [-0.39, 0.29) is 5.82 Å². The fourth-order valence-electron chi connectivity index (χ4n) is 2.08. The fraction of sp³-hybridized carbons (Fsp3) is 0.455. The Bertz CT molecular complexity index is 338. The highest BCUT2D eigenvalue weighted by Crippen LogP contribution is 2.28. The zero-order valence-electron chi connectivity index (χ0n) is 8.33. The molecule has 0 fully saturated rings. The van der Waals surface area contributed by atoms with Crippen LogP contribution in [-0.4, -0.2) is 20.1 Å². The van der Waals surface area contributed by atoms with Crippen LogP contribution in [0.25, 0.3) is 0 Å². The summed E-state index contributed by atoms with van der Waals surface area (Å²) in [5, 5.41) is 0. The largest absolute Gasteiger partial charge is 0.374 e. The van der Waals surface area contributed by atoms with Gasteiger partial charge in [-0.25, -0.2) is 4.39 Å². The molecule has 1 aromatic carbocycles. The van der Waals surface area contributed by atoms with Crippen LogP contribution < -0.4 is 10.6 Å². The summed E-state index contributed by atoms with van der Waals surface area (Å²) in [5.41, 5.74) is 7.87. The molecule has 0 saturated carbocycles. The predicted molar refractivity (Wildman–Crippen MR) is 55.9 cm³/mol. The van der Waals surface area contributed by atoms with Gasteiger partial charge in [0.05, 0.1) is 0 Å². The van der Waals surface area contributed by atoms with Crippen molar-refractivity contribution in [2.45, 2.75) is 6.42 Å². The Morgan fingerprint density at radius 2 is 2.36 bits per heavy atom. The van der Waals surface area contributed by atoms with Crippen LogP contribution in [0.1, 0.15) is 5.56 Å². The van der Waals surface area contributed by atoms with Gasteiger partial charge in [0.15, 0.2) is 0 Å². The third kappa shape index (κ3) is 1.60. The van der Waals surface area contributed by atoms with E-state index in [0.29, 0.717) is 12.5 Å². The number of nitrogens with two attached hydrogens (primary N) is 1. The maximum Gasteiger partial charge on any atom is 0.125 e. The van der Waals surface area contributed by atoms with Crippen LogP contribution >= 0.6 is 0 Å². The van der Waals surface area contributed by atoms with E-state index in [1.165, 1.54) is 11.6 Å².